The molecule has 0 radical (unpaired) electrons. The molecule has 0 saturated carbocycles. The number of nitrogen functional groups attached to an aromatic ring is 1. The fourth-order valence-electron chi connectivity index (χ4n) is 1.76. The number of carbonyl (C=O) groups excluding carboxylic acids is 1. The first-order valence-corrected chi connectivity index (χ1v) is 6.81. The number of halogens is 1. The van der Waals surface area contributed by atoms with E-state index in [1.165, 1.54) is 0 Å². The smallest absolute Gasteiger partial charge is 0.255 e. The summed E-state index contributed by atoms with van der Waals surface area (Å²) in [6, 6.07) is 10.6. The molecule has 1 amide bonds. The van der Waals surface area contributed by atoms with Crippen LogP contribution in [0.15, 0.2) is 40.9 Å². The van der Waals surface area contributed by atoms with Gasteiger partial charge in [0.1, 0.15) is 5.75 Å². The van der Waals surface area contributed by atoms with E-state index in [0.29, 0.717) is 22.7 Å². The van der Waals surface area contributed by atoms with E-state index in [-0.39, 0.29) is 5.91 Å². The largest absolute Gasteiger partial charge is 0.496 e. The lowest BCUT2D eigenvalue weighted by atomic mass is 10.1. The Bertz CT molecular complexity index is 656. The van der Waals surface area contributed by atoms with Crippen molar-refractivity contribution in [3.8, 4) is 5.75 Å². The fourth-order valence-corrected chi connectivity index (χ4v) is 2.31. The minimum Gasteiger partial charge on any atom is -0.496 e. The fraction of sp³-hybridized carbons (Fsp3) is 0.133. The zero-order chi connectivity index (χ0) is 14.7. The molecule has 0 bridgehead atoms. The third-order valence-corrected chi connectivity index (χ3v) is 3.56. The predicted octanol–water partition coefficient (Wildman–Crippen LogP) is 3.60. The summed E-state index contributed by atoms with van der Waals surface area (Å²) in [7, 11) is 1.59. The van der Waals surface area contributed by atoms with Crippen molar-refractivity contribution in [1.29, 1.82) is 0 Å². The third kappa shape index (κ3) is 3.11. The van der Waals surface area contributed by atoms with Crippen LogP contribution in [0.5, 0.6) is 5.75 Å². The molecule has 0 aliphatic heterocycles. The first kappa shape index (κ1) is 14.4. The third-order valence-electron chi connectivity index (χ3n) is 2.94. The summed E-state index contributed by atoms with van der Waals surface area (Å²) in [5.41, 5.74) is 8.56. The van der Waals surface area contributed by atoms with Crippen LogP contribution < -0.4 is 15.8 Å². The van der Waals surface area contributed by atoms with Crippen molar-refractivity contribution in [2.75, 3.05) is 18.2 Å². The lowest BCUT2D eigenvalue weighted by molar-refractivity contribution is 0.102. The Hall–Kier alpha value is -2.01. The Morgan fingerprint density at radius 2 is 2.00 bits per heavy atom. The van der Waals surface area contributed by atoms with E-state index in [0.717, 1.165) is 10.0 Å². The van der Waals surface area contributed by atoms with Gasteiger partial charge in [-0.25, -0.2) is 0 Å². The molecular weight excluding hydrogens is 320 g/mol. The minimum atomic E-state index is -0.176. The molecule has 0 atom stereocenters. The number of nitrogens with two attached hydrogens (primary N) is 1. The van der Waals surface area contributed by atoms with E-state index in [1.54, 1.807) is 43.5 Å². The molecule has 0 spiro atoms. The number of amides is 1. The first-order chi connectivity index (χ1) is 9.51. The van der Waals surface area contributed by atoms with Gasteiger partial charge >= 0.3 is 0 Å². The molecule has 104 valence electrons. The Morgan fingerprint density at radius 1 is 1.25 bits per heavy atom. The van der Waals surface area contributed by atoms with Crippen molar-refractivity contribution < 1.29 is 9.53 Å². The average Bonchev–Trinajstić information content (AvgIpc) is 2.42. The van der Waals surface area contributed by atoms with Gasteiger partial charge in [-0.05, 0) is 64.8 Å². The number of hydrogen-bond acceptors (Lipinski definition) is 3. The van der Waals surface area contributed by atoms with Crippen molar-refractivity contribution in [2.24, 2.45) is 0 Å². The van der Waals surface area contributed by atoms with Crippen LogP contribution in [-0.2, 0) is 0 Å². The van der Waals surface area contributed by atoms with Crippen LogP contribution in [0.3, 0.4) is 0 Å². The van der Waals surface area contributed by atoms with Crippen molar-refractivity contribution in [2.45, 2.75) is 6.92 Å². The maximum absolute atomic E-state index is 12.1. The Labute approximate surface area is 126 Å². The second-order valence-corrected chi connectivity index (χ2v) is 5.23. The zero-order valence-electron chi connectivity index (χ0n) is 11.2. The molecule has 2 rings (SSSR count). The molecule has 0 aliphatic rings. The number of nitrogens with one attached hydrogen (secondary N) is 1. The van der Waals surface area contributed by atoms with E-state index in [9.17, 15) is 4.79 Å². The standard InChI is InChI=1S/C15H15BrN2O2/c1-9-7-10(3-5-13(9)17)15(19)18-11-4-6-14(20-2)12(16)8-11/h3-8H,17H2,1-2H3,(H,18,19). The molecule has 3 N–H and O–H groups in total. The molecule has 0 heterocycles. The van der Waals surface area contributed by atoms with Crippen LogP contribution in [-0.4, -0.2) is 13.0 Å². The van der Waals surface area contributed by atoms with Crippen molar-refractivity contribution >= 4 is 33.2 Å². The number of anilines is 2. The second kappa shape index (κ2) is 5.96. The topological polar surface area (TPSA) is 64.3 Å². The lowest BCUT2D eigenvalue weighted by Gasteiger charge is -2.09. The van der Waals surface area contributed by atoms with E-state index in [1.807, 2.05) is 6.92 Å². The molecule has 0 aliphatic carbocycles. The van der Waals surface area contributed by atoms with E-state index in [2.05, 4.69) is 21.2 Å². The van der Waals surface area contributed by atoms with Gasteiger partial charge in [-0.3, -0.25) is 4.79 Å². The van der Waals surface area contributed by atoms with Crippen molar-refractivity contribution in [3.05, 3.63) is 52.0 Å². The Morgan fingerprint density at radius 3 is 2.60 bits per heavy atom. The van der Waals surface area contributed by atoms with Crippen LogP contribution in [0.25, 0.3) is 0 Å². The van der Waals surface area contributed by atoms with Gasteiger partial charge < -0.3 is 15.8 Å². The highest BCUT2D eigenvalue weighted by Gasteiger charge is 2.09. The van der Waals surface area contributed by atoms with Gasteiger partial charge in [0, 0.05) is 16.9 Å². The number of ether oxygens (including phenoxy) is 1. The van der Waals surface area contributed by atoms with Crippen molar-refractivity contribution in [3.63, 3.8) is 0 Å². The molecular formula is C15H15BrN2O2. The van der Waals surface area contributed by atoms with Gasteiger partial charge in [-0.1, -0.05) is 0 Å². The number of benzene rings is 2. The zero-order valence-corrected chi connectivity index (χ0v) is 12.8. The summed E-state index contributed by atoms with van der Waals surface area (Å²) in [5.74, 6) is 0.538. The van der Waals surface area contributed by atoms with Crippen molar-refractivity contribution in [1.82, 2.24) is 0 Å². The summed E-state index contributed by atoms with van der Waals surface area (Å²) in [6.45, 7) is 1.87. The van der Waals surface area contributed by atoms with Gasteiger partial charge in [0.15, 0.2) is 0 Å². The normalized spacial score (nSPS) is 10.2. The highest BCUT2D eigenvalue weighted by atomic mass is 79.9. The van der Waals surface area contributed by atoms with Crippen LogP contribution in [0, 0.1) is 6.92 Å². The van der Waals surface area contributed by atoms with Crippen LogP contribution in [0.1, 0.15) is 15.9 Å². The Balaban J connectivity index is 2.19. The summed E-state index contributed by atoms with van der Waals surface area (Å²) >= 11 is 3.38. The van der Waals surface area contributed by atoms with Gasteiger partial charge in [0.25, 0.3) is 5.91 Å². The average molecular weight is 335 g/mol. The predicted molar refractivity (Wildman–Crippen MR) is 84.2 cm³/mol. The monoisotopic (exact) mass is 334 g/mol. The minimum absolute atomic E-state index is 0.176. The number of carbonyl (C=O) groups is 1. The van der Waals surface area contributed by atoms with E-state index >= 15 is 0 Å². The van der Waals surface area contributed by atoms with Gasteiger partial charge in [-0.2, -0.15) is 0 Å². The van der Waals surface area contributed by atoms with Gasteiger partial charge in [0.2, 0.25) is 0 Å². The maximum Gasteiger partial charge on any atom is 0.255 e. The molecule has 0 fully saturated rings. The first-order valence-electron chi connectivity index (χ1n) is 6.02. The maximum atomic E-state index is 12.1. The summed E-state index contributed by atoms with van der Waals surface area (Å²) in [5, 5.41) is 2.83. The van der Waals surface area contributed by atoms with Crippen LogP contribution in [0.2, 0.25) is 0 Å². The number of rotatable bonds is 3. The highest BCUT2D eigenvalue weighted by molar-refractivity contribution is 9.10. The molecule has 5 heteroatoms. The molecule has 0 aromatic heterocycles. The van der Waals surface area contributed by atoms with E-state index < -0.39 is 0 Å². The molecule has 20 heavy (non-hydrogen) atoms. The lowest BCUT2D eigenvalue weighted by Crippen LogP contribution is -2.12. The molecule has 2 aromatic rings. The van der Waals surface area contributed by atoms with Crippen LogP contribution >= 0.6 is 15.9 Å². The van der Waals surface area contributed by atoms with Gasteiger partial charge in [0.05, 0.1) is 11.6 Å². The van der Waals surface area contributed by atoms with E-state index in [4.69, 9.17) is 10.5 Å². The highest BCUT2D eigenvalue weighted by Crippen LogP contribution is 2.28. The summed E-state index contributed by atoms with van der Waals surface area (Å²) in [4.78, 5) is 12.1. The Kier molecular flexibility index (Phi) is 4.29. The molecule has 0 unspecified atom stereocenters. The number of methoxy groups -OCH3 is 1. The van der Waals surface area contributed by atoms with Gasteiger partial charge in [-0.15, -0.1) is 0 Å². The number of aryl methyl sites for hydroxylation is 1. The summed E-state index contributed by atoms with van der Waals surface area (Å²) in [6.07, 6.45) is 0. The number of hydrogen-bond donors (Lipinski definition) is 2. The SMILES string of the molecule is COc1ccc(NC(=O)c2ccc(N)c(C)c2)cc1Br. The molecule has 4 nitrogen and oxygen atoms in total. The molecule has 0 saturated heterocycles. The quantitative estimate of drug-likeness (QED) is 0.843. The van der Waals surface area contributed by atoms with Crippen LogP contribution in [0.4, 0.5) is 11.4 Å². The second-order valence-electron chi connectivity index (χ2n) is 4.37. The summed E-state index contributed by atoms with van der Waals surface area (Å²) < 4.78 is 5.93. The molecule has 2 aromatic carbocycles.